The molecule has 1 aromatic heterocycles. The van der Waals surface area contributed by atoms with Gasteiger partial charge in [-0.2, -0.15) is 4.98 Å². The monoisotopic (exact) mass is 355 g/mol. The maximum atomic E-state index is 13.1. The predicted molar refractivity (Wildman–Crippen MR) is 103 cm³/mol. The molecule has 0 saturated carbocycles. The minimum Gasteiger partial charge on any atom is -0.368 e. The highest BCUT2D eigenvalue weighted by Gasteiger charge is 2.21. The maximum absolute atomic E-state index is 13.1. The number of halogens is 1. The van der Waals surface area contributed by atoms with Gasteiger partial charge in [-0.05, 0) is 49.1 Å². The van der Waals surface area contributed by atoms with Gasteiger partial charge in [0.05, 0.1) is 0 Å². The lowest BCUT2D eigenvalue weighted by molar-refractivity contribution is 0.436. The van der Waals surface area contributed by atoms with Gasteiger partial charge in [0.25, 0.3) is 0 Å². The van der Waals surface area contributed by atoms with Crippen molar-refractivity contribution in [2.24, 2.45) is 5.92 Å². The second-order valence-electron chi connectivity index (χ2n) is 7.33. The van der Waals surface area contributed by atoms with E-state index < -0.39 is 0 Å². The highest BCUT2D eigenvalue weighted by Crippen LogP contribution is 2.23. The molecule has 0 N–H and O–H groups in total. The highest BCUT2D eigenvalue weighted by molar-refractivity contribution is 5.49. The van der Waals surface area contributed by atoms with Gasteiger partial charge < -0.3 is 14.7 Å². The van der Waals surface area contributed by atoms with Crippen molar-refractivity contribution in [3.05, 3.63) is 42.3 Å². The molecule has 26 heavy (non-hydrogen) atoms. The summed E-state index contributed by atoms with van der Waals surface area (Å²) in [6, 6.07) is 8.76. The van der Waals surface area contributed by atoms with E-state index in [0.29, 0.717) is 0 Å². The van der Waals surface area contributed by atoms with Crippen LogP contribution in [0, 0.1) is 11.7 Å². The average molecular weight is 355 g/mol. The lowest BCUT2D eigenvalue weighted by Crippen LogP contribution is -2.47. The first kappa shape index (κ1) is 17.1. The average Bonchev–Trinajstić information content (AvgIpc) is 2.69. The molecule has 3 heterocycles. The normalized spacial score (nSPS) is 19.1. The first-order valence-corrected chi connectivity index (χ1v) is 9.52. The van der Waals surface area contributed by atoms with Crippen molar-refractivity contribution >= 4 is 17.5 Å². The Balaban J connectivity index is 1.40. The fraction of sp³-hybridized carbons (Fsp3) is 0.500. The summed E-state index contributed by atoms with van der Waals surface area (Å²) in [4.78, 5) is 16.2. The third kappa shape index (κ3) is 3.74. The van der Waals surface area contributed by atoms with Crippen LogP contribution in [0.4, 0.5) is 21.8 Å². The Bertz CT molecular complexity index is 719. The molecular weight excluding hydrogens is 329 g/mol. The predicted octanol–water partition coefficient (Wildman–Crippen LogP) is 3.18. The number of hydrogen-bond donors (Lipinski definition) is 0. The van der Waals surface area contributed by atoms with Crippen molar-refractivity contribution in [3.63, 3.8) is 0 Å². The molecule has 0 aliphatic carbocycles. The van der Waals surface area contributed by atoms with Crippen LogP contribution in [0.3, 0.4) is 0 Å². The van der Waals surface area contributed by atoms with Crippen molar-refractivity contribution in [1.29, 1.82) is 0 Å². The largest absolute Gasteiger partial charge is 0.368 e. The molecule has 0 radical (unpaired) electrons. The van der Waals surface area contributed by atoms with Crippen molar-refractivity contribution in [3.8, 4) is 0 Å². The van der Waals surface area contributed by atoms with Gasteiger partial charge in [0.15, 0.2) is 0 Å². The van der Waals surface area contributed by atoms with Crippen molar-refractivity contribution in [1.82, 2.24) is 9.97 Å². The molecule has 2 fully saturated rings. The second-order valence-corrected chi connectivity index (χ2v) is 7.33. The summed E-state index contributed by atoms with van der Waals surface area (Å²) in [6.07, 6.45) is 4.34. The zero-order valence-electron chi connectivity index (χ0n) is 15.3. The Morgan fingerprint density at radius 2 is 1.50 bits per heavy atom. The smallest absolute Gasteiger partial charge is 0.227 e. The number of piperidine rings is 1. The van der Waals surface area contributed by atoms with Crippen molar-refractivity contribution < 1.29 is 4.39 Å². The lowest BCUT2D eigenvalue weighted by Gasteiger charge is -2.36. The lowest BCUT2D eigenvalue weighted by atomic mass is 9.99. The van der Waals surface area contributed by atoms with E-state index in [9.17, 15) is 4.39 Å². The van der Waals surface area contributed by atoms with Crippen LogP contribution < -0.4 is 14.7 Å². The molecule has 2 aliphatic heterocycles. The first-order valence-electron chi connectivity index (χ1n) is 9.52. The van der Waals surface area contributed by atoms with Crippen LogP contribution >= 0.6 is 0 Å². The van der Waals surface area contributed by atoms with Crippen LogP contribution in [0.15, 0.2) is 36.5 Å². The Kier molecular flexibility index (Phi) is 4.91. The van der Waals surface area contributed by atoms with E-state index >= 15 is 0 Å². The van der Waals surface area contributed by atoms with Crippen LogP contribution in [0.1, 0.15) is 19.8 Å². The zero-order valence-corrected chi connectivity index (χ0v) is 15.3. The van der Waals surface area contributed by atoms with Crippen molar-refractivity contribution in [2.45, 2.75) is 19.8 Å². The SMILES string of the molecule is CC1CCN(c2ccnc(N3CCN(c4ccc(F)cc4)CC3)n2)CC1. The summed E-state index contributed by atoms with van der Waals surface area (Å²) in [7, 11) is 0. The number of hydrogen-bond acceptors (Lipinski definition) is 5. The molecule has 0 bridgehead atoms. The highest BCUT2D eigenvalue weighted by atomic mass is 19.1. The third-order valence-electron chi connectivity index (χ3n) is 5.49. The van der Waals surface area contributed by atoms with Crippen LogP contribution in [0.2, 0.25) is 0 Å². The molecular formula is C20H26FN5. The molecule has 0 spiro atoms. The van der Waals surface area contributed by atoms with Gasteiger partial charge in [0, 0.05) is 51.2 Å². The van der Waals surface area contributed by atoms with E-state index in [1.165, 1.54) is 25.0 Å². The molecule has 4 rings (SSSR count). The standard InChI is InChI=1S/C20H26FN5/c1-16-7-10-25(11-8-16)19-6-9-22-20(23-19)26-14-12-24(13-15-26)18-4-2-17(21)3-5-18/h2-6,9,16H,7-8,10-15H2,1H3. The molecule has 0 unspecified atom stereocenters. The summed E-state index contributed by atoms with van der Waals surface area (Å²) < 4.78 is 13.1. The minimum absolute atomic E-state index is 0.190. The van der Waals surface area contributed by atoms with Crippen LogP contribution in [0.25, 0.3) is 0 Å². The summed E-state index contributed by atoms with van der Waals surface area (Å²) in [5.41, 5.74) is 1.07. The topological polar surface area (TPSA) is 35.5 Å². The Hall–Kier alpha value is -2.37. The van der Waals surface area contributed by atoms with Crippen molar-refractivity contribution in [2.75, 3.05) is 54.0 Å². The third-order valence-corrected chi connectivity index (χ3v) is 5.49. The number of anilines is 3. The Morgan fingerprint density at radius 1 is 0.846 bits per heavy atom. The van der Waals surface area contributed by atoms with Gasteiger partial charge in [0.1, 0.15) is 11.6 Å². The molecule has 2 saturated heterocycles. The molecule has 1 aromatic carbocycles. The van der Waals surface area contributed by atoms with E-state index in [2.05, 4.69) is 26.6 Å². The summed E-state index contributed by atoms with van der Waals surface area (Å²) in [5, 5.41) is 0. The van der Waals surface area contributed by atoms with Gasteiger partial charge in [0.2, 0.25) is 5.95 Å². The number of nitrogens with zero attached hydrogens (tertiary/aromatic N) is 5. The molecule has 2 aliphatic rings. The van der Waals surface area contributed by atoms with E-state index in [-0.39, 0.29) is 5.82 Å². The fourth-order valence-corrected chi connectivity index (χ4v) is 3.72. The van der Waals surface area contributed by atoms with Crippen LogP contribution in [0.5, 0.6) is 0 Å². The summed E-state index contributed by atoms with van der Waals surface area (Å²) in [5.74, 6) is 2.49. The molecule has 0 amide bonds. The fourth-order valence-electron chi connectivity index (χ4n) is 3.72. The Labute approximate surface area is 154 Å². The van der Waals surface area contributed by atoms with Gasteiger partial charge in [-0.1, -0.05) is 6.92 Å². The first-order chi connectivity index (χ1) is 12.7. The van der Waals surface area contributed by atoms with E-state index in [4.69, 9.17) is 4.98 Å². The minimum atomic E-state index is -0.190. The zero-order chi connectivity index (χ0) is 17.9. The number of aromatic nitrogens is 2. The number of rotatable bonds is 3. The molecule has 6 heteroatoms. The van der Waals surface area contributed by atoms with E-state index in [1.54, 1.807) is 0 Å². The molecule has 2 aromatic rings. The summed E-state index contributed by atoms with van der Waals surface area (Å²) >= 11 is 0. The van der Waals surface area contributed by atoms with Gasteiger partial charge in [-0.15, -0.1) is 0 Å². The number of piperazine rings is 1. The van der Waals surface area contributed by atoms with Gasteiger partial charge in [-0.25, -0.2) is 9.37 Å². The van der Waals surface area contributed by atoms with Gasteiger partial charge >= 0.3 is 0 Å². The second kappa shape index (κ2) is 7.48. The van der Waals surface area contributed by atoms with Crippen LogP contribution in [-0.4, -0.2) is 49.2 Å². The van der Waals surface area contributed by atoms with E-state index in [1.807, 2.05) is 24.4 Å². The van der Waals surface area contributed by atoms with Crippen LogP contribution in [-0.2, 0) is 0 Å². The molecule has 0 atom stereocenters. The maximum Gasteiger partial charge on any atom is 0.227 e. The van der Waals surface area contributed by atoms with Gasteiger partial charge in [-0.3, -0.25) is 0 Å². The summed E-state index contributed by atoms with van der Waals surface area (Å²) in [6.45, 7) is 8.01. The number of benzene rings is 1. The quantitative estimate of drug-likeness (QED) is 0.845. The molecule has 138 valence electrons. The van der Waals surface area contributed by atoms with E-state index in [0.717, 1.165) is 62.6 Å². The molecule has 5 nitrogen and oxygen atoms in total. The Morgan fingerprint density at radius 3 is 2.19 bits per heavy atom.